The van der Waals surface area contributed by atoms with E-state index in [-0.39, 0.29) is 42.1 Å². The van der Waals surface area contributed by atoms with Gasteiger partial charge in [0.15, 0.2) is 11.5 Å². The zero-order valence-corrected chi connectivity index (χ0v) is 27.4. The Bertz CT molecular complexity index is 1540. The molecular weight excluding hydrogens is 574 g/mol. The van der Waals surface area contributed by atoms with E-state index in [0.717, 1.165) is 6.42 Å². The molecular formula is C33H43N5O5Si. The Morgan fingerprint density at radius 1 is 0.932 bits per heavy atom. The lowest BCUT2D eigenvalue weighted by atomic mass is 9.88. The van der Waals surface area contributed by atoms with Gasteiger partial charge in [0.2, 0.25) is 0 Å². The predicted octanol–water partition coefficient (Wildman–Crippen LogP) is 3.91. The van der Waals surface area contributed by atoms with Crippen LogP contribution in [0.15, 0.2) is 73.3 Å². The quantitative estimate of drug-likeness (QED) is 0.187. The van der Waals surface area contributed by atoms with Crippen molar-refractivity contribution < 1.29 is 23.4 Å². The van der Waals surface area contributed by atoms with Crippen molar-refractivity contribution in [1.82, 2.24) is 19.5 Å². The minimum Gasteiger partial charge on any atom is -0.407 e. The second-order valence-electron chi connectivity index (χ2n) is 13.2. The number of aromatic nitrogens is 4. The van der Waals surface area contributed by atoms with Crippen molar-refractivity contribution >= 4 is 35.7 Å². The SMILES string of the molecule is COCOC1[C@]2(CO[Si](c3ccccc3)(c3ccccc3)C(C)(C)C)CC2[C@@H](n2cnc3c(N)ncnc32)[C@]1(C)OCOC. The van der Waals surface area contributed by atoms with Gasteiger partial charge in [-0.25, -0.2) is 15.0 Å². The Hall–Kier alpha value is -3.19. The van der Waals surface area contributed by atoms with Crippen LogP contribution >= 0.6 is 0 Å². The van der Waals surface area contributed by atoms with Gasteiger partial charge in [-0.1, -0.05) is 81.4 Å². The van der Waals surface area contributed by atoms with Crippen LogP contribution in [0.2, 0.25) is 5.04 Å². The van der Waals surface area contributed by atoms with Crippen LogP contribution in [0.3, 0.4) is 0 Å². The molecule has 0 radical (unpaired) electrons. The predicted molar refractivity (Wildman–Crippen MR) is 171 cm³/mol. The Morgan fingerprint density at radius 2 is 1.57 bits per heavy atom. The molecule has 2 aromatic heterocycles. The maximum absolute atomic E-state index is 7.54. The zero-order chi connectivity index (χ0) is 31.2. The molecule has 2 aliphatic carbocycles. The maximum atomic E-state index is 7.54. The van der Waals surface area contributed by atoms with Crippen LogP contribution in [-0.4, -0.2) is 74.0 Å². The summed E-state index contributed by atoms with van der Waals surface area (Å²) in [4.78, 5) is 13.3. The van der Waals surface area contributed by atoms with E-state index in [2.05, 4.69) is 108 Å². The number of benzene rings is 2. The molecule has 2 aromatic carbocycles. The fraction of sp³-hybridized carbons (Fsp3) is 0.485. The molecule has 2 N–H and O–H groups in total. The number of hydrogen-bond donors (Lipinski definition) is 1. The molecule has 44 heavy (non-hydrogen) atoms. The fourth-order valence-corrected chi connectivity index (χ4v) is 12.4. The summed E-state index contributed by atoms with van der Waals surface area (Å²) in [7, 11) is 0.446. The lowest BCUT2D eigenvalue weighted by Gasteiger charge is -2.45. The number of nitrogens with zero attached hydrogens (tertiary/aromatic N) is 4. The van der Waals surface area contributed by atoms with E-state index in [1.54, 1.807) is 20.5 Å². The summed E-state index contributed by atoms with van der Waals surface area (Å²) in [5, 5.41) is 2.31. The summed E-state index contributed by atoms with van der Waals surface area (Å²) in [5.41, 5.74) is 6.25. The van der Waals surface area contributed by atoms with Crippen LogP contribution in [0.5, 0.6) is 0 Å². The second-order valence-corrected chi connectivity index (χ2v) is 17.5. The standard InChI is InChI=1S/C33H43N5O5Si/c1-31(2,3)44(23-13-9-7-10-14-23,24-15-11-8-12-16-24)43-18-33-17-25(33)27(32(4,42-22-40-6)30(33)41-21-39-5)38-20-37-26-28(34)35-19-36-29(26)38/h7-16,19-20,25,27,30H,17-18,21-22H2,1-6H3,(H2,34,35,36)/t25?,27-,30?,32+,33+/m1/s1. The summed E-state index contributed by atoms with van der Waals surface area (Å²) < 4.78 is 33.7. The third kappa shape index (κ3) is 4.77. The molecule has 2 heterocycles. The highest BCUT2D eigenvalue weighted by Crippen LogP contribution is 2.73. The number of nitrogen functional groups attached to an aromatic ring is 1. The van der Waals surface area contributed by atoms with Crippen LogP contribution < -0.4 is 16.1 Å². The molecule has 2 saturated carbocycles. The molecule has 2 aliphatic rings. The first kappa shape index (κ1) is 30.8. The Labute approximate surface area is 260 Å². The largest absolute Gasteiger partial charge is 0.407 e. The van der Waals surface area contributed by atoms with Crippen molar-refractivity contribution in [3.8, 4) is 0 Å². The van der Waals surface area contributed by atoms with E-state index in [1.165, 1.54) is 16.7 Å². The molecule has 10 nitrogen and oxygen atoms in total. The van der Waals surface area contributed by atoms with Gasteiger partial charge in [0.1, 0.15) is 31.0 Å². The lowest BCUT2D eigenvalue weighted by Crippen LogP contribution is -2.67. The normalized spacial score (nSPS) is 26.6. The smallest absolute Gasteiger partial charge is 0.261 e. The minimum absolute atomic E-state index is 0.0992. The molecule has 0 saturated heterocycles. The molecule has 2 fully saturated rings. The molecule has 11 heteroatoms. The van der Waals surface area contributed by atoms with Gasteiger partial charge in [0, 0.05) is 26.2 Å². The Morgan fingerprint density at radius 3 is 2.16 bits per heavy atom. The van der Waals surface area contributed by atoms with Crippen molar-refractivity contribution in [3.63, 3.8) is 0 Å². The first-order valence-corrected chi connectivity index (χ1v) is 17.0. The molecule has 5 atom stereocenters. The highest BCUT2D eigenvalue weighted by molar-refractivity contribution is 6.99. The van der Waals surface area contributed by atoms with Gasteiger partial charge in [-0.05, 0) is 34.7 Å². The van der Waals surface area contributed by atoms with Crippen molar-refractivity contribution in [3.05, 3.63) is 73.3 Å². The number of rotatable bonds is 12. The van der Waals surface area contributed by atoms with Gasteiger partial charge in [-0.2, -0.15) is 0 Å². The molecule has 0 amide bonds. The molecule has 234 valence electrons. The lowest BCUT2D eigenvalue weighted by molar-refractivity contribution is -0.220. The monoisotopic (exact) mass is 617 g/mol. The summed E-state index contributed by atoms with van der Waals surface area (Å²) in [5.74, 6) is 0.494. The number of methoxy groups -OCH3 is 2. The average molecular weight is 618 g/mol. The number of ether oxygens (including phenoxy) is 4. The number of imidazole rings is 1. The molecule has 6 rings (SSSR count). The first-order valence-electron chi connectivity index (χ1n) is 15.1. The van der Waals surface area contributed by atoms with Gasteiger partial charge in [-0.3, -0.25) is 0 Å². The van der Waals surface area contributed by atoms with Crippen LogP contribution in [0.25, 0.3) is 11.2 Å². The van der Waals surface area contributed by atoms with Gasteiger partial charge < -0.3 is 33.7 Å². The van der Waals surface area contributed by atoms with Crippen molar-refractivity contribution in [2.24, 2.45) is 11.3 Å². The number of fused-ring (bicyclic) bond motifs is 2. The van der Waals surface area contributed by atoms with E-state index >= 15 is 0 Å². The van der Waals surface area contributed by atoms with E-state index in [0.29, 0.717) is 23.6 Å². The average Bonchev–Trinajstić information content (AvgIpc) is 3.48. The summed E-state index contributed by atoms with van der Waals surface area (Å²) in [6.45, 7) is 9.69. The number of anilines is 1. The van der Waals surface area contributed by atoms with Crippen LogP contribution in [0, 0.1) is 11.3 Å². The number of hydrogen-bond acceptors (Lipinski definition) is 9. The third-order valence-corrected chi connectivity index (χ3v) is 14.7. The summed E-state index contributed by atoms with van der Waals surface area (Å²) in [6, 6.07) is 21.3. The maximum Gasteiger partial charge on any atom is 0.261 e. The molecule has 4 aromatic rings. The van der Waals surface area contributed by atoms with Gasteiger partial charge in [0.25, 0.3) is 8.32 Å². The molecule has 0 bridgehead atoms. The van der Waals surface area contributed by atoms with E-state index in [4.69, 9.17) is 29.1 Å². The second kappa shape index (κ2) is 11.6. The van der Waals surface area contributed by atoms with Crippen molar-refractivity contribution in [1.29, 1.82) is 0 Å². The minimum atomic E-state index is -2.82. The Kier molecular flexibility index (Phi) is 8.14. The highest BCUT2D eigenvalue weighted by Gasteiger charge is 2.78. The first-order chi connectivity index (χ1) is 21.1. The van der Waals surface area contributed by atoms with Crippen LogP contribution in [0.1, 0.15) is 40.2 Å². The van der Waals surface area contributed by atoms with Gasteiger partial charge in [0.05, 0.1) is 18.5 Å². The van der Waals surface area contributed by atoms with Crippen LogP contribution in [-0.2, 0) is 23.4 Å². The van der Waals surface area contributed by atoms with Crippen molar-refractivity contribution in [2.45, 2.75) is 56.9 Å². The fourth-order valence-electron chi connectivity index (χ4n) is 7.81. The highest BCUT2D eigenvalue weighted by atomic mass is 28.4. The number of nitrogens with two attached hydrogens (primary N) is 1. The zero-order valence-electron chi connectivity index (χ0n) is 26.4. The topological polar surface area (TPSA) is 116 Å². The Balaban J connectivity index is 1.47. The van der Waals surface area contributed by atoms with E-state index in [9.17, 15) is 0 Å². The summed E-state index contributed by atoms with van der Waals surface area (Å²) in [6.07, 6.45) is 3.79. The van der Waals surface area contributed by atoms with Gasteiger partial charge >= 0.3 is 0 Å². The van der Waals surface area contributed by atoms with E-state index < -0.39 is 13.9 Å². The van der Waals surface area contributed by atoms with Crippen molar-refractivity contribution in [2.75, 3.05) is 40.1 Å². The molecule has 0 aliphatic heterocycles. The molecule has 2 unspecified atom stereocenters. The van der Waals surface area contributed by atoms with Gasteiger partial charge in [-0.15, -0.1) is 0 Å². The summed E-state index contributed by atoms with van der Waals surface area (Å²) >= 11 is 0. The molecule has 0 spiro atoms. The van der Waals surface area contributed by atoms with E-state index in [1.807, 2.05) is 0 Å². The third-order valence-electron chi connectivity index (χ3n) is 9.69. The van der Waals surface area contributed by atoms with Crippen LogP contribution in [0.4, 0.5) is 5.82 Å².